The Labute approximate surface area is 206 Å². The molecule has 9 heteroatoms. The van der Waals surface area contributed by atoms with Crippen molar-refractivity contribution in [2.24, 2.45) is 5.92 Å². The van der Waals surface area contributed by atoms with Crippen LogP contribution in [0.25, 0.3) is 10.7 Å². The van der Waals surface area contributed by atoms with Gasteiger partial charge in [0.25, 0.3) is 0 Å². The number of anilines is 1. The molecule has 34 heavy (non-hydrogen) atoms. The molecule has 0 unspecified atom stereocenters. The van der Waals surface area contributed by atoms with Crippen molar-refractivity contribution in [2.45, 2.75) is 19.4 Å². The largest absolute Gasteiger partial charge is 0.455 e. The molecule has 1 fully saturated rings. The zero-order chi connectivity index (χ0) is 23.3. The molecule has 0 saturated carbocycles. The number of nitrogens with one attached hydrogen (secondary N) is 1. The molecule has 5 rings (SSSR count). The zero-order valence-corrected chi connectivity index (χ0v) is 19.9. The molecule has 2 aromatic heterocycles. The molecule has 1 aliphatic heterocycles. The molecule has 1 amide bonds. The number of hydrogen-bond acceptors (Lipinski definition) is 7. The van der Waals surface area contributed by atoms with Gasteiger partial charge in [0, 0.05) is 10.9 Å². The van der Waals surface area contributed by atoms with Crippen LogP contribution in [0.1, 0.15) is 18.7 Å². The van der Waals surface area contributed by atoms with Crippen LogP contribution in [0.3, 0.4) is 0 Å². The lowest BCUT2D eigenvalue weighted by Gasteiger charge is -2.30. The number of carbonyl (C=O) groups is 1. The molecular formula is C25H23ClN4O3S. The van der Waals surface area contributed by atoms with Crippen molar-refractivity contribution in [2.75, 3.05) is 18.4 Å². The Hall–Kier alpha value is -3.20. The third kappa shape index (κ3) is 5.47. The highest BCUT2D eigenvalue weighted by molar-refractivity contribution is 7.13. The maximum Gasteiger partial charge on any atom is 0.241 e. The fraction of sp³-hybridized carbons (Fsp3) is 0.240. The minimum atomic E-state index is -0.0934. The number of nitrogens with zero attached hydrogens (tertiary/aromatic N) is 3. The predicted molar refractivity (Wildman–Crippen MR) is 132 cm³/mol. The first kappa shape index (κ1) is 22.6. The summed E-state index contributed by atoms with van der Waals surface area (Å²) in [5, 5.41) is 9.61. The Kier molecular flexibility index (Phi) is 6.89. The number of amides is 1. The highest BCUT2D eigenvalue weighted by Crippen LogP contribution is 2.33. The third-order valence-electron chi connectivity index (χ3n) is 5.70. The average molecular weight is 495 g/mol. The number of likely N-dealkylation sites (tertiary alicyclic amines) is 1. The maximum atomic E-state index is 13.0. The molecule has 3 heterocycles. The molecule has 0 bridgehead atoms. The van der Waals surface area contributed by atoms with Crippen LogP contribution in [0.5, 0.6) is 11.5 Å². The third-order valence-corrected chi connectivity index (χ3v) is 6.80. The van der Waals surface area contributed by atoms with Gasteiger partial charge in [0.2, 0.25) is 17.6 Å². The SMILES string of the molecule is O=C(Nc1cc(Cl)ccc1Oc1ccccc1)C1CCN(Cc2nc(-c3cccs3)no2)CC1. The summed E-state index contributed by atoms with van der Waals surface area (Å²) in [7, 11) is 0. The minimum absolute atomic E-state index is 0.0300. The minimum Gasteiger partial charge on any atom is -0.455 e. The summed E-state index contributed by atoms with van der Waals surface area (Å²) in [6.45, 7) is 2.13. The molecule has 1 saturated heterocycles. The highest BCUT2D eigenvalue weighted by atomic mass is 35.5. The van der Waals surface area contributed by atoms with Gasteiger partial charge in [-0.05, 0) is 67.7 Å². The molecule has 174 valence electrons. The molecule has 2 aromatic carbocycles. The van der Waals surface area contributed by atoms with E-state index in [-0.39, 0.29) is 11.8 Å². The second-order valence-electron chi connectivity index (χ2n) is 8.08. The van der Waals surface area contributed by atoms with Crippen LogP contribution in [0.15, 0.2) is 70.6 Å². The van der Waals surface area contributed by atoms with Gasteiger partial charge in [-0.2, -0.15) is 4.98 Å². The van der Waals surface area contributed by atoms with Gasteiger partial charge in [0.15, 0.2) is 5.75 Å². The van der Waals surface area contributed by atoms with Crippen molar-refractivity contribution >= 4 is 34.5 Å². The second-order valence-corrected chi connectivity index (χ2v) is 9.47. The van der Waals surface area contributed by atoms with Crippen LogP contribution in [-0.2, 0) is 11.3 Å². The summed E-state index contributed by atoms with van der Waals surface area (Å²) in [6, 6.07) is 18.6. The number of aromatic nitrogens is 2. The standard InChI is InChI=1S/C25H23ClN4O3S/c26-18-8-9-21(32-19-5-2-1-3-6-19)20(15-18)27-25(31)17-10-12-30(13-11-17)16-23-28-24(29-33-23)22-7-4-14-34-22/h1-9,14-15,17H,10-13,16H2,(H,27,31). The zero-order valence-electron chi connectivity index (χ0n) is 18.3. The van der Waals surface area contributed by atoms with Crippen LogP contribution in [0, 0.1) is 5.92 Å². The van der Waals surface area contributed by atoms with E-state index in [1.54, 1.807) is 29.5 Å². The number of ether oxygens (including phenoxy) is 1. The van der Waals surface area contributed by atoms with Crippen LogP contribution in [-0.4, -0.2) is 34.0 Å². The lowest BCUT2D eigenvalue weighted by molar-refractivity contribution is -0.121. The van der Waals surface area contributed by atoms with Crippen LogP contribution >= 0.6 is 22.9 Å². The van der Waals surface area contributed by atoms with Gasteiger partial charge in [-0.3, -0.25) is 9.69 Å². The van der Waals surface area contributed by atoms with Gasteiger partial charge >= 0.3 is 0 Å². The molecule has 0 spiro atoms. The van der Waals surface area contributed by atoms with Crippen molar-refractivity contribution in [1.82, 2.24) is 15.0 Å². The summed E-state index contributed by atoms with van der Waals surface area (Å²) in [5.74, 6) is 2.33. The number of para-hydroxylation sites is 1. The van der Waals surface area contributed by atoms with Crippen LogP contribution in [0.2, 0.25) is 5.02 Å². The summed E-state index contributed by atoms with van der Waals surface area (Å²) in [6.07, 6.45) is 1.49. The van der Waals surface area contributed by atoms with E-state index in [9.17, 15) is 4.79 Å². The topological polar surface area (TPSA) is 80.5 Å². The molecule has 4 aromatic rings. The van der Waals surface area contributed by atoms with Gasteiger partial charge in [-0.25, -0.2) is 0 Å². The lowest BCUT2D eigenvalue weighted by Crippen LogP contribution is -2.37. The van der Waals surface area contributed by atoms with E-state index in [0.29, 0.717) is 40.5 Å². The Morgan fingerprint density at radius 3 is 2.74 bits per heavy atom. The number of halogens is 1. The van der Waals surface area contributed by atoms with Crippen molar-refractivity contribution in [3.63, 3.8) is 0 Å². The second kappa shape index (κ2) is 10.4. The Morgan fingerprint density at radius 2 is 1.97 bits per heavy atom. The van der Waals surface area contributed by atoms with E-state index in [1.807, 2.05) is 47.8 Å². The number of hydrogen-bond donors (Lipinski definition) is 1. The average Bonchev–Trinajstić information content (AvgIpc) is 3.54. The molecular weight excluding hydrogens is 472 g/mol. The summed E-state index contributed by atoms with van der Waals surface area (Å²) >= 11 is 7.77. The molecule has 0 aliphatic carbocycles. The van der Waals surface area contributed by atoms with Gasteiger partial charge in [-0.1, -0.05) is 41.0 Å². The predicted octanol–water partition coefficient (Wildman–Crippen LogP) is 6.09. The van der Waals surface area contributed by atoms with Crippen LogP contribution < -0.4 is 10.1 Å². The van der Waals surface area contributed by atoms with Gasteiger partial charge in [0.1, 0.15) is 5.75 Å². The monoisotopic (exact) mass is 494 g/mol. The van der Waals surface area contributed by atoms with E-state index in [4.69, 9.17) is 20.9 Å². The number of carbonyl (C=O) groups excluding carboxylic acids is 1. The van der Waals surface area contributed by atoms with E-state index in [2.05, 4.69) is 20.4 Å². The van der Waals surface area contributed by atoms with E-state index >= 15 is 0 Å². The molecule has 1 aliphatic rings. The first-order valence-corrected chi connectivity index (χ1v) is 12.3. The Morgan fingerprint density at radius 1 is 1.15 bits per heavy atom. The molecule has 7 nitrogen and oxygen atoms in total. The van der Waals surface area contributed by atoms with Crippen molar-refractivity contribution in [3.8, 4) is 22.2 Å². The number of thiophene rings is 1. The first-order valence-electron chi connectivity index (χ1n) is 11.1. The Balaban J connectivity index is 1.17. The fourth-order valence-corrected chi connectivity index (χ4v) is 4.73. The van der Waals surface area contributed by atoms with Crippen molar-refractivity contribution < 1.29 is 14.1 Å². The molecule has 0 atom stereocenters. The van der Waals surface area contributed by atoms with Gasteiger partial charge in [0.05, 0.1) is 17.1 Å². The van der Waals surface area contributed by atoms with E-state index in [0.717, 1.165) is 30.8 Å². The van der Waals surface area contributed by atoms with E-state index in [1.165, 1.54) is 0 Å². The quantitative estimate of drug-likeness (QED) is 0.334. The summed E-state index contributed by atoms with van der Waals surface area (Å²) in [4.78, 5) is 20.7. The van der Waals surface area contributed by atoms with E-state index < -0.39 is 0 Å². The number of rotatable bonds is 7. The molecule has 1 N–H and O–H groups in total. The first-order chi connectivity index (χ1) is 16.6. The normalized spacial score (nSPS) is 14.7. The summed E-state index contributed by atoms with van der Waals surface area (Å²) in [5.41, 5.74) is 0.566. The van der Waals surface area contributed by atoms with Crippen molar-refractivity contribution in [1.29, 1.82) is 0 Å². The number of piperidine rings is 1. The molecule has 0 radical (unpaired) electrons. The smallest absolute Gasteiger partial charge is 0.241 e. The summed E-state index contributed by atoms with van der Waals surface area (Å²) < 4.78 is 11.4. The highest BCUT2D eigenvalue weighted by Gasteiger charge is 2.27. The number of benzene rings is 2. The Bertz CT molecular complexity index is 1240. The van der Waals surface area contributed by atoms with Crippen LogP contribution in [0.4, 0.5) is 5.69 Å². The fourth-order valence-electron chi connectivity index (χ4n) is 3.91. The van der Waals surface area contributed by atoms with Crippen molar-refractivity contribution in [3.05, 3.63) is 77.0 Å². The maximum absolute atomic E-state index is 13.0. The van der Waals surface area contributed by atoms with Gasteiger partial charge < -0.3 is 14.6 Å². The van der Waals surface area contributed by atoms with Gasteiger partial charge in [-0.15, -0.1) is 11.3 Å². The lowest BCUT2D eigenvalue weighted by atomic mass is 9.96.